The summed E-state index contributed by atoms with van der Waals surface area (Å²) in [6.07, 6.45) is 7.62. The Bertz CT molecular complexity index is 681. The highest BCUT2D eigenvalue weighted by Gasteiger charge is 2.30. The van der Waals surface area contributed by atoms with Crippen LogP contribution in [0.15, 0.2) is 29.7 Å². The van der Waals surface area contributed by atoms with Gasteiger partial charge in [-0.1, -0.05) is 0 Å². The van der Waals surface area contributed by atoms with E-state index in [2.05, 4.69) is 20.1 Å². The third kappa shape index (κ3) is 3.21. The van der Waals surface area contributed by atoms with Crippen LogP contribution >= 0.6 is 0 Å². The van der Waals surface area contributed by atoms with Crippen molar-refractivity contribution in [1.29, 1.82) is 0 Å². The van der Waals surface area contributed by atoms with Crippen LogP contribution in [-0.2, 0) is 11.3 Å². The summed E-state index contributed by atoms with van der Waals surface area (Å²) in [4.78, 5) is 35.8. The van der Waals surface area contributed by atoms with E-state index >= 15 is 0 Å². The fourth-order valence-electron chi connectivity index (χ4n) is 2.85. The SMILES string of the molecule is O=C(CCCn1cncn1)N1CCCC1c1ccnc(=O)[nH]1. The number of aromatic amines is 1. The van der Waals surface area contributed by atoms with E-state index in [9.17, 15) is 9.59 Å². The minimum Gasteiger partial charge on any atom is -0.334 e. The van der Waals surface area contributed by atoms with Crippen molar-refractivity contribution in [2.75, 3.05) is 6.54 Å². The normalized spacial score (nSPS) is 17.8. The van der Waals surface area contributed by atoms with Gasteiger partial charge in [-0.15, -0.1) is 0 Å². The van der Waals surface area contributed by atoms with E-state index in [4.69, 9.17) is 0 Å². The molecule has 0 radical (unpaired) electrons. The Labute approximate surface area is 127 Å². The number of rotatable bonds is 5. The van der Waals surface area contributed by atoms with Crippen molar-refractivity contribution >= 4 is 5.91 Å². The summed E-state index contributed by atoms with van der Waals surface area (Å²) >= 11 is 0. The molecule has 1 aliphatic heterocycles. The lowest BCUT2D eigenvalue weighted by Gasteiger charge is -2.24. The van der Waals surface area contributed by atoms with Gasteiger partial charge in [0.2, 0.25) is 5.91 Å². The lowest BCUT2D eigenvalue weighted by Crippen LogP contribution is -2.32. The van der Waals surface area contributed by atoms with Gasteiger partial charge in [0, 0.05) is 31.4 Å². The number of carbonyl (C=O) groups excluding carboxylic acids is 1. The maximum Gasteiger partial charge on any atom is 0.345 e. The van der Waals surface area contributed by atoms with Gasteiger partial charge in [-0.05, 0) is 25.3 Å². The first kappa shape index (κ1) is 14.4. The quantitative estimate of drug-likeness (QED) is 0.867. The Kier molecular flexibility index (Phi) is 4.27. The van der Waals surface area contributed by atoms with Crippen LogP contribution < -0.4 is 5.69 Å². The molecule has 1 N–H and O–H groups in total. The summed E-state index contributed by atoms with van der Waals surface area (Å²) < 4.78 is 1.72. The second-order valence-corrected chi connectivity index (χ2v) is 5.34. The van der Waals surface area contributed by atoms with Gasteiger partial charge in [-0.2, -0.15) is 5.10 Å². The Hall–Kier alpha value is -2.51. The molecule has 2 aromatic heterocycles. The van der Waals surface area contributed by atoms with E-state index in [0.29, 0.717) is 13.0 Å². The van der Waals surface area contributed by atoms with E-state index in [-0.39, 0.29) is 17.6 Å². The maximum absolute atomic E-state index is 12.4. The first-order valence-electron chi connectivity index (χ1n) is 7.41. The minimum atomic E-state index is -0.372. The van der Waals surface area contributed by atoms with Crippen LogP contribution in [0, 0.1) is 0 Å². The average Bonchev–Trinajstić information content (AvgIpc) is 3.18. The number of nitrogens with zero attached hydrogens (tertiary/aromatic N) is 5. The molecular formula is C14H18N6O2. The molecule has 3 heterocycles. The van der Waals surface area contributed by atoms with Gasteiger partial charge < -0.3 is 9.88 Å². The summed E-state index contributed by atoms with van der Waals surface area (Å²) in [6, 6.07) is 1.72. The Balaban J connectivity index is 1.60. The number of amides is 1. The zero-order valence-corrected chi connectivity index (χ0v) is 12.2. The van der Waals surface area contributed by atoms with Gasteiger partial charge in [0.05, 0.1) is 6.04 Å². The third-order valence-electron chi connectivity index (χ3n) is 3.87. The van der Waals surface area contributed by atoms with Crippen LogP contribution in [0.25, 0.3) is 0 Å². The molecule has 1 atom stereocenters. The van der Waals surface area contributed by atoms with Crippen molar-refractivity contribution in [3.63, 3.8) is 0 Å². The summed E-state index contributed by atoms with van der Waals surface area (Å²) in [5, 5.41) is 4.02. The number of likely N-dealkylation sites (tertiary alicyclic amines) is 1. The molecule has 1 amide bonds. The highest BCUT2D eigenvalue weighted by Crippen LogP contribution is 2.30. The first-order valence-corrected chi connectivity index (χ1v) is 7.41. The molecule has 1 saturated heterocycles. The number of aryl methyl sites for hydroxylation is 1. The fourth-order valence-corrected chi connectivity index (χ4v) is 2.85. The van der Waals surface area contributed by atoms with Crippen molar-refractivity contribution < 1.29 is 4.79 Å². The first-order chi connectivity index (χ1) is 10.7. The van der Waals surface area contributed by atoms with Crippen molar-refractivity contribution in [2.24, 2.45) is 0 Å². The standard InChI is InChI=1S/C14H18N6O2/c21-13(4-2-7-19-10-15-9-17-19)20-8-1-3-12(20)11-5-6-16-14(22)18-11/h5-6,9-10,12H,1-4,7-8H2,(H,16,18,22). The van der Waals surface area contributed by atoms with Crippen LogP contribution in [0.3, 0.4) is 0 Å². The summed E-state index contributed by atoms with van der Waals surface area (Å²) in [5.74, 6) is 0.111. The topological polar surface area (TPSA) is 96.8 Å². The molecule has 0 aliphatic carbocycles. The van der Waals surface area contributed by atoms with E-state index in [0.717, 1.165) is 31.5 Å². The number of hydrogen-bond donors (Lipinski definition) is 1. The van der Waals surface area contributed by atoms with E-state index in [1.54, 1.807) is 17.1 Å². The van der Waals surface area contributed by atoms with Gasteiger partial charge in [0.15, 0.2) is 0 Å². The monoisotopic (exact) mass is 302 g/mol. The minimum absolute atomic E-state index is 0.0467. The zero-order valence-electron chi connectivity index (χ0n) is 12.2. The van der Waals surface area contributed by atoms with Gasteiger partial charge >= 0.3 is 5.69 Å². The number of aromatic nitrogens is 5. The molecule has 8 nitrogen and oxygen atoms in total. The van der Waals surface area contributed by atoms with Crippen molar-refractivity contribution in [1.82, 2.24) is 29.6 Å². The molecule has 0 aromatic carbocycles. The van der Waals surface area contributed by atoms with Crippen molar-refractivity contribution in [2.45, 2.75) is 38.3 Å². The maximum atomic E-state index is 12.4. The molecule has 116 valence electrons. The molecule has 1 unspecified atom stereocenters. The molecule has 22 heavy (non-hydrogen) atoms. The molecule has 1 aliphatic rings. The van der Waals surface area contributed by atoms with Crippen LogP contribution in [0.1, 0.15) is 37.4 Å². The van der Waals surface area contributed by atoms with Crippen LogP contribution in [0.2, 0.25) is 0 Å². The van der Waals surface area contributed by atoms with Gasteiger partial charge in [-0.3, -0.25) is 9.48 Å². The second-order valence-electron chi connectivity index (χ2n) is 5.34. The van der Waals surface area contributed by atoms with Crippen LogP contribution in [0.4, 0.5) is 0 Å². The van der Waals surface area contributed by atoms with Gasteiger partial charge in [0.1, 0.15) is 12.7 Å². The van der Waals surface area contributed by atoms with Crippen molar-refractivity contribution in [3.05, 3.63) is 41.1 Å². The van der Waals surface area contributed by atoms with Crippen molar-refractivity contribution in [3.8, 4) is 0 Å². The Morgan fingerprint density at radius 3 is 3.14 bits per heavy atom. The molecule has 0 spiro atoms. The Morgan fingerprint density at radius 1 is 1.45 bits per heavy atom. The van der Waals surface area contributed by atoms with E-state index in [1.807, 2.05) is 4.90 Å². The molecule has 2 aromatic rings. The van der Waals surface area contributed by atoms with Crippen LogP contribution in [0.5, 0.6) is 0 Å². The highest BCUT2D eigenvalue weighted by atomic mass is 16.2. The second kappa shape index (κ2) is 6.50. The van der Waals surface area contributed by atoms with Gasteiger partial charge in [0.25, 0.3) is 0 Å². The lowest BCUT2D eigenvalue weighted by molar-refractivity contribution is -0.132. The number of nitrogens with one attached hydrogen (secondary N) is 1. The smallest absolute Gasteiger partial charge is 0.334 e. The number of H-pyrrole nitrogens is 1. The molecule has 0 saturated carbocycles. The predicted molar refractivity (Wildman–Crippen MR) is 77.8 cm³/mol. The fraction of sp³-hybridized carbons (Fsp3) is 0.500. The third-order valence-corrected chi connectivity index (χ3v) is 3.87. The molecule has 1 fully saturated rings. The van der Waals surface area contributed by atoms with E-state index in [1.165, 1.54) is 12.5 Å². The molecule has 3 rings (SSSR count). The van der Waals surface area contributed by atoms with Crippen LogP contribution in [-0.4, -0.2) is 42.1 Å². The summed E-state index contributed by atoms with van der Waals surface area (Å²) in [5.41, 5.74) is 0.394. The molecular weight excluding hydrogens is 284 g/mol. The van der Waals surface area contributed by atoms with Gasteiger partial charge in [-0.25, -0.2) is 14.8 Å². The average molecular weight is 302 g/mol. The predicted octanol–water partition coefficient (Wildman–Crippen LogP) is 0.505. The van der Waals surface area contributed by atoms with E-state index < -0.39 is 0 Å². The highest BCUT2D eigenvalue weighted by molar-refractivity contribution is 5.76. The number of hydrogen-bond acceptors (Lipinski definition) is 5. The molecule has 8 heteroatoms. The lowest BCUT2D eigenvalue weighted by atomic mass is 10.1. The summed E-state index contributed by atoms with van der Waals surface area (Å²) in [6.45, 7) is 1.41. The zero-order chi connectivity index (χ0) is 15.4. The summed E-state index contributed by atoms with van der Waals surface area (Å²) in [7, 11) is 0. The largest absolute Gasteiger partial charge is 0.345 e. The molecule has 0 bridgehead atoms. The number of carbonyl (C=O) groups is 1. The Morgan fingerprint density at radius 2 is 2.36 bits per heavy atom.